The van der Waals surface area contributed by atoms with Crippen molar-refractivity contribution in [1.29, 1.82) is 0 Å². The summed E-state index contributed by atoms with van der Waals surface area (Å²) in [5, 5.41) is 10.4. The Morgan fingerprint density at radius 2 is 1.32 bits per heavy atom. The molecule has 0 saturated carbocycles. The fourth-order valence-electron chi connectivity index (χ4n) is 2.59. The molecule has 0 heterocycles. The van der Waals surface area contributed by atoms with E-state index in [2.05, 4.69) is 6.92 Å². The quantitative estimate of drug-likeness (QED) is 0.219. The number of ether oxygens (including phenoxy) is 1. The molecule has 1 atom stereocenters. The molecule has 5 nitrogen and oxygen atoms in total. The zero-order valence-electron chi connectivity index (χ0n) is 16.4. The van der Waals surface area contributed by atoms with E-state index in [-0.39, 0.29) is 70.2 Å². The Balaban J connectivity index is 0. The Hall–Kier alpha value is 0.536. The first-order valence-corrected chi connectivity index (χ1v) is 9.70. The molecule has 0 aromatic rings. The Labute approximate surface area is 196 Å². The number of carbonyl (C=O) groups excluding carboxylic acids is 2. The van der Waals surface area contributed by atoms with Gasteiger partial charge in [-0.15, -0.1) is 0 Å². The first kappa shape index (κ1) is 27.8. The maximum atomic E-state index is 11.4. The first-order chi connectivity index (χ1) is 11.6. The normalized spacial score (nSPS) is 11.6. The SMILES string of the molecule is CCCCCCCCCCCCCCOC(=O)CC[C@H](N)C(=O)[O-].[K+]. The number of aliphatic carboxylic acids is 1. The third-order valence-corrected chi connectivity index (χ3v) is 4.22. The summed E-state index contributed by atoms with van der Waals surface area (Å²) in [4.78, 5) is 21.8. The molecule has 0 aromatic heterocycles. The van der Waals surface area contributed by atoms with Crippen LogP contribution < -0.4 is 62.2 Å². The van der Waals surface area contributed by atoms with Crippen LogP contribution in [0.25, 0.3) is 0 Å². The van der Waals surface area contributed by atoms with Gasteiger partial charge in [-0.1, -0.05) is 77.6 Å². The molecular weight excluding hydrogens is 345 g/mol. The molecule has 0 aliphatic carbocycles. The van der Waals surface area contributed by atoms with Crippen LogP contribution in [0, 0.1) is 0 Å². The van der Waals surface area contributed by atoms with Crippen LogP contribution >= 0.6 is 0 Å². The predicted molar refractivity (Wildman–Crippen MR) is 94.3 cm³/mol. The Kier molecular flexibility index (Phi) is 23.1. The van der Waals surface area contributed by atoms with Crippen molar-refractivity contribution in [1.82, 2.24) is 0 Å². The monoisotopic (exact) mass is 381 g/mol. The molecule has 2 N–H and O–H groups in total. The van der Waals surface area contributed by atoms with Crippen molar-refractivity contribution in [2.45, 2.75) is 103 Å². The number of hydrogen-bond donors (Lipinski definition) is 1. The Morgan fingerprint density at radius 3 is 1.76 bits per heavy atom. The molecule has 0 unspecified atom stereocenters. The number of unbranched alkanes of at least 4 members (excludes halogenated alkanes) is 11. The largest absolute Gasteiger partial charge is 1.00 e. The summed E-state index contributed by atoms with van der Waals surface area (Å²) in [5.74, 6) is -1.71. The number of rotatable bonds is 17. The molecule has 6 heteroatoms. The standard InChI is InChI=1S/C19H37NO4.K/c1-2-3-4-5-6-7-8-9-10-11-12-13-16-24-18(21)15-14-17(20)19(22)23;/h17H,2-16,20H2,1H3,(H,22,23);/q;+1/p-1/t17-;/m0./s1. The number of carboxylic acid groups (broad SMARTS) is 1. The van der Waals surface area contributed by atoms with E-state index in [1.54, 1.807) is 0 Å². The number of esters is 1. The molecule has 0 rings (SSSR count). The van der Waals surface area contributed by atoms with Gasteiger partial charge < -0.3 is 20.4 Å². The Morgan fingerprint density at radius 1 is 0.880 bits per heavy atom. The van der Waals surface area contributed by atoms with Crippen LogP contribution in [-0.4, -0.2) is 24.6 Å². The van der Waals surface area contributed by atoms with Crippen LogP contribution in [0.1, 0.15) is 96.8 Å². The third-order valence-electron chi connectivity index (χ3n) is 4.22. The fraction of sp³-hybridized carbons (Fsp3) is 0.895. The number of nitrogens with two attached hydrogens (primary N) is 1. The van der Waals surface area contributed by atoms with Gasteiger partial charge in [-0.05, 0) is 12.8 Å². The molecule has 0 aliphatic heterocycles. The minimum absolute atomic E-state index is 0. The van der Waals surface area contributed by atoms with Crippen molar-refractivity contribution >= 4 is 11.9 Å². The van der Waals surface area contributed by atoms with E-state index in [4.69, 9.17) is 10.5 Å². The van der Waals surface area contributed by atoms with E-state index >= 15 is 0 Å². The van der Waals surface area contributed by atoms with Gasteiger partial charge in [0.15, 0.2) is 0 Å². The summed E-state index contributed by atoms with van der Waals surface area (Å²) in [7, 11) is 0. The maximum Gasteiger partial charge on any atom is 1.00 e. The summed E-state index contributed by atoms with van der Waals surface area (Å²) in [6, 6.07) is -1.09. The molecule has 0 fully saturated rings. The zero-order chi connectivity index (χ0) is 18.0. The van der Waals surface area contributed by atoms with Crippen LogP contribution in [0.3, 0.4) is 0 Å². The minimum atomic E-state index is -1.33. The van der Waals surface area contributed by atoms with Crippen molar-refractivity contribution in [2.24, 2.45) is 5.73 Å². The van der Waals surface area contributed by atoms with E-state index in [0.717, 1.165) is 12.8 Å². The van der Waals surface area contributed by atoms with Crippen LogP contribution in [0.4, 0.5) is 0 Å². The minimum Gasteiger partial charge on any atom is -0.548 e. The van der Waals surface area contributed by atoms with Crippen LogP contribution in [0.15, 0.2) is 0 Å². The summed E-state index contributed by atoms with van der Waals surface area (Å²) < 4.78 is 5.06. The maximum absolute atomic E-state index is 11.4. The average molecular weight is 382 g/mol. The predicted octanol–water partition coefficient (Wildman–Crippen LogP) is 0.0921. The molecular formula is C19H36KNO4. The van der Waals surface area contributed by atoms with Crippen molar-refractivity contribution in [2.75, 3.05) is 6.61 Å². The molecule has 0 bridgehead atoms. The van der Waals surface area contributed by atoms with Gasteiger partial charge in [-0.3, -0.25) is 4.79 Å². The van der Waals surface area contributed by atoms with Crippen LogP contribution in [0.5, 0.6) is 0 Å². The van der Waals surface area contributed by atoms with Gasteiger partial charge >= 0.3 is 57.4 Å². The van der Waals surface area contributed by atoms with Gasteiger partial charge in [0.05, 0.1) is 12.6 Å². The van der Waals surface area contributed by atoms with E-state index in [1.165, 1.54) is 64.2 Å². The van der Waals surface area contributed by atoms with Crippen molar-refractivity contribution < 1.29 is 70.8 Å². The Bertz CT molecular complexity index is 327. The summed E-state index contributed by atoms with van der Waals surface area (Å²) in [5.41, 5.74) is 5.27. The molecule has 0 aliphatic rings. The molecule has 25 heavy (non-hydrogen) atoms. The number of carboxylic acids is 1. The van der Waals surface area contributed by atoms with Gasteiger partial charge in [0.1, 0.15) is 0 Å². The molecule has 0 saturated heterocycles. The smallest absolute Gasteiger partial charge is 0.548 e. The molecule has 0 aromatic carbocycles. The zero-order valence-corrected chi connectivity index (χ0v) is 19.5. The topological polar surface area (TPSA) is 92.5 Å². The van der Waals surface area contributed by atoms with Crippen molar-refractivity contribution in [3.63, 3.8) is 0 Å². The van der Waals surface area contributed by atoms with Crippen molar-refractivity contribution in [3.8, 4) is 0 Å². The second-order valence-electron chi connectivity index (χ2n) is 6.57. The second-order valence-corrected chi connectivity index (χ2v) is 6.57. The molecule has 0 radical (unpaired) electrons. The van der Waals surface area contributed by atoms with E-state index in [9.17, 15) is 14.7 Å². The van der Waals surface area contributed by atoms with E-state index in [1.807, 2.05) is 0 Å². The molecule has 142 valence electrons. The third kappa shape index (κ3) is 20.7. The van der Waals surface area contributed by atoms with Crippen molar-refractivity contribution in [3.05, 3.63) is 0 Å². The van der Waals surface area contributed by atoms with Gasteiger partial charge in [-0.2, -0.15) is 0 Å². The van der Waals surface area contributed by atoms with Gasteiger partial charge in [0.25, 0.3) is 0 Å². The summed E-state index contributed by atoms with van der Waals surface area (Å²) in [6.07, 6.45) is 15.3. The fourth-order valence-corrected chi connectivity index (χ4v) is 2.59. The van der Waals surface area contributed by atoms with Gasteiger partial charge in [0, 0.05) is 12.5 Å². The summed E-state index contributed by atoms with van der Waals surface area (Å²) in [6.45, 7) is 2.66. The number of carbonyl (C=O) groups is 2. The first-order valence-electron chi connectivity index (χ1n) is 9.70. The summed E-state index contributed by atoms with van der Waals surface area (Å²) >= 11 is 0. The van der Waals surface area contributed by atoms with Crippen LogP contribution in [0.2, 0.25) is 0 Å². The van der Waals surface area contributed by atoms with E-state index < -0.39 is 12.0 Å². The van der Waals surface area contributed by atoms with Gasteiger partial charge in [0.2, 0.25) is 0 Å². The van der Waals surface area contributed by atoms with Crippen LogP contribution in [-0.2, 0) is 14.3 Å². The van der Waals surface area contributed by atoms with Gasteiger partial charge in [-0.25, -0.2) is 0 Å². The second kappa shape index (κ2) is 20.8. The molecule has 0 spiro atoms. The molecule has 0 amide bonds. The number of hydrogen-bond acceptors (Lipinski definition) is 5. The average Bonchev–Trinajstić information content (AvgIpc) is 2.56. The van der Waals surface area contributed by atoms with E-state index in [0.29, 0.717) is 6.61 Å².